The number of aromatic nitrogens is 2. The number of carbonyl (C=O) groups is 1. The molecular formula is C12H13ClFN3O2. The molecule has 19 heavy (non-hydrogen) atoms. The fourth-order valence-corrected chi connectivity index (χ4v) is 2.04. The van der Waals surface area contributed by atoms with Crippen molar-refractivity contribution in [2.75, 3.05) is 13.2 Å². The molecule has 1 aromatic heterocycles. The summed E-state index contributed by atoms with van der Waals surface area (Å²) in [5.41, 5.74) is 6.29. The van der Waals surface area contributed by atoms with Crippen molar-refractivity contribution in [1.82, 2.24) is 9.55 Å². The minimum Gasteiger partial charge on any atom is -0.370 e. The molecular weight excluding hydrogens is 273 g/mol. The van der Waals surface area contributed by atoms with E-state index in [1.807, 2.05) is 4.57 Å². The van der Waals surface area contributed by atoms with E-state index >= 15 is 0 Å². The third-order valence-electron chi connectivity index (χ3n) is 2.61. The summed E-state index contributed by atoms with van der Waals surface area (Å²) < 4.78 is 20.1. The number of halogens is 2. The molecule has 102 valence electrons. The van der Waals surface area contributed by atoms with Crippen molar-refractivity contribution in [3.8, 4) is 0 Å². The third-order valence-corrected chi connectivity index (χ3v) is 2.85. The minimum absolute atomic E-state index is 0.128. The third kappa shape index (κ3) is 3.21. The Bertz CT molecular complexity index is 600. The highest BCUT2D eigenvalue weighted by molar-refractivity contribution is 6.16. The second kappa shape index (κ2) is 5.99. The average molecular weight is 286 g/mol. The number of primary amides is 1. The van der Waals surface area contributed by atoms with Gasteiger partial charge in [-0.2, -0.15) is 0 Å². The van der Waals surface area contributed by atoms with Gasteiger partial charge in [0.1, 0.15) is 18.2 Å². The van der Waals surface area contributed by atoms with Crippen molar-refractivity contribution in [3.63, 3.8) is 0 Å². The molecule has 0 saturated heterocycles. The highest BCUT2D eigenvalue weighted by Gasteiger charge is 2.10. The molecule has 0 aliphatic rings. The van der Waals surface area contributed by atoms with Gasteiger partial charge in [-0.25, -0.2) is 9.37 Å². The Balaban J connectivity index is 2.18. The van der Waals surface area contributed by atoms with Crippen LogP contribution in [0.25, 0.3) is 11.0 Å². The van der Waals surface area contributed by atoms with Crippen LogP contribution in [-0.2, 0) is 22.0 Å². The smallest absolute Gasteiger partial charge is 0.243 e. The van der Waals surface area contributed by atoms with Gasteiger partial charge in [0.05, 0.1) is 23.5 Å². The zero-order valence-electron chi connectivity index (χ0n) is 10.1. The van der Waals surface area contributed by atoms with Crippen molar-refractivity contribution in [3.05, 3.63) is 29.8 Å². The lowest BCUT2D eigenvalue weighted by Crippen LogP contribution is -2.20. The van der Waals surface area contributed by atoms with Gasteiger partial charge < -0.3 is 15.0 Å². The molecule has 0 saturated carbocycles. The number of benzene rings is 1. The van der Waals surface area contributed by atoms with Crippen molar-refractivity contribution in [2.45, 2.75) is 12.4 Å². The maximum atomic E-state index is 13.1. The molecule has 0 bridgehead atoms. The first kappa shape index (κ1) is 13.8. The molecule has 0 fully saturated rings. The van der Waals surface area contributed by atoms with Crippen LogP contribution >= 0.6 is 11.6 Å². The Kier molecular flexibility index (Phi) is 4.34. The molecule has 1 aromatic carbocycles. The van der Waals surface area contributed by atoms with Crippen molar-refractivity contribution >= 4 is 28.5 Å². The van der Waals surface area contributed by atoms with Gasteiger partial charge in [0, 0.05) is 12.6 Å². The van der Waals surface area contributed by atoms with E-state index in [4.69, 9.17) is 22.1 Å². The Morgan fingerprint density at radius 2 is 2.32 bits per heavy atom. The molecule has 0 spiro atoms. The molecule has 2 N–H and O–H groups in total. The second-order valence-corrected chi connectivity index (χ2v) is 4.23. The lowest BCUT2D eigenvalue weighted by molar-refractivity contribution is -0.122. The van der Waals surface area contributed by atoms with Crippen LogP contribution in [0, 0.1) is 5.82 Å². The zero-order valence-corrected chi connectivity index (χ0v) is 10.9. The number of hydrogen-bond acceptors (Lipinski definition) is 3. The number of alkyl halides is 1. The summed E-state index contributed by atoms with van der Waals surface area (Å²) in [7, 11) is 0. The summed E-state index contributed by atoms with van der Waals surface area (Å²) in [6.45, 7) is 0.643. The molecule has 1 heterocycles. The van der Waals surface area contributed by atoms with Gasteiger partial charge in [0.25, 0.3) is 0 Å². The maximum absolute atomic E-state index is 13.1. The first-order valence-corrected chi connectivity index (χ1v) is 6.22. The van der Waals surface area contributed by atoms with Crippen LogP contribution in [-0.4, -0.2) is 28.7 Å². The number of ether oxygens (including phenoxy) is 1. The van der Waals surface area contributed by atoms with Crippen LogP contribution in [0.3, 0.4) is 0 Å². The summed E-state index contributed by atoms with van der Waals surface area (Å²) in [6, 6.07) is 4.36. The van der Waals surface area contributed by atoms with E-state index in [1.165, 1.54) is 12.1 Å². The summed E-state index contributed by atoms with van der Waals surface area (Å²) in [6.07, 6.45) is 0. The monoisotopic (exact) mass is 285 g/mol. The largest absolute Gasteiger partial charge is 0.370 e. The Hall–Kier alpha value is -1.66. The standard InChI is InChI=1S/C12H13ClFN3O2/c13-6-12-16-9-5-8(14)1-2-10(9)17(12)3-4-19-7-11(15)18/h1-2,5H,3-4,6-7H2,(H2,15,18). The van der Waals surface area contributed by atoms with E-state index in [-0.39, 0.29) is 18.3 Å². The first-order chi connectivity index (χ1) is 9.11. The Labute approximate surface area is 114 Å². The Morgan fingerprint density at radius 1 is 1.53 bits per heavy atom. The number of fused-ring (bicyclic) bond motifs is 1. The van der Waals surface area contributed by atoms with Crippen LogP contribution in [0.4, 0.5) is 4.39 Å². The van der Waals surface area contributed by atoms with Gasteiger partial charge in [0.15, 0.2) is 0 Å². The minimum atomic E-state index is -0.518. The fourth-order valence-electron chi connectivity index (χ4n) is 1.83. The van der Waals surface area contributed by atoms with E-state index in [0.29, 0.717) is 24.5 Å². The van der Waals surface area contributed by atoms with Crippen LogP contribution in [0.15, 0.2) is 18.2 Å². The van der Waals surface area contributed by atoms with E-state index in [1.54, 1.807) is 6.07 Å². The molecule has 5 nitrogen and oxygen atoms in total. The molecule has 2 aromatic rings. The lowest BCUT2D eigenvalue weighted by atomic mass is 10.3. The average Bonchev–Trinajstić information content (AvgIpc) is 2.71. The van der Waals surface area contributed by atoms with E-state index in [0.717, 1.165) is 5.52 Å². The number of rotatable bonds is 6. The summed E-state index contributed by atoms with van der Waals surface area (Å²) >= 11 is 5.81. The molecule has 0 aliphatic carbocycles. The lowest BCUT2D eigenvalue weighted by Gasteiger charge is -2.07. The van der Waals surface area contributed by atoms with Crippen molar-refractivity contribution in [2.24, 2.45) is 5.73 Å². The van der Waals surface area contributed by atoms with Crippen LogP contribution in [0.2, 0.25) is 0 Å². The number of hydrogen-bond donors (Lipinski definition) is 1. The van der Waals surface area contributed by atoms with Gasteiger partial charge in [-0.1, -0.05) is 0 Å². The summed E-state index contributed by atoms with van der Waals surface area (Å²) in [4.78, 5) is 14.8. The highest BCUT2D eigenvalue weighted by Crippen LogP contribution is 2.18. The number of nitrogens with zero attached hydrogens (tertiary/aromatic N) is 2. The summed E-state index contributed by atoms with van der Waals surface area (Å²) in [5, 5.41) is 0. The highest BCUT2D eigenvalue weighted by atomic mass is 35.5. The van der Waals surface area contributed by atoms with Crippen molar-refractivity contribution in [1.29, 1.82) is 0 Å². The zero-order chi connectivity index (χ0) is 13.8. The van der Waals surface area contributed by atoms with Crippen LogP contribution in [0.1, 0.15) is 5.82 Å². The molecule has 0 radical (unpaired) electrons. The summed E-state index contributed by atoms with van der Waals surface area (Å²) in [5.74, 6) is -0.0186. The molecule has 2 rings (SSSR count). The molecule has 0 unspecified atom stereocenters. The van der Waals surface area contributed by atoms with Gasteiger partial charge >= 0.3 is 0 Å². The predicted molar refractivity (Wildman–Crippen MR) is 69.3 cm³/mol. The Morgan fingerprint density at radius 3 is 3.00 bits per heavy atom. The number of imidazole rings is 1. The van der Waals surface area contributed by atoms with Gasteiger partial charge in [-0.15, -0.1) is 11.6 Å². The van der Waals surface area contributed by atoms with E-state index < -0.39 is 5.91 Å². The van der Waals surface area contributed by atoms with Gasteiger partial charge in [-0.3, -0.25) is 4.79 Å². The quantitative estimate of drug-likeness (QED) is 0.644. The maximum Gasteiger partial charge on any atom is 0.243 e. The topological polar surface area (TPSA) is 70.1 Å². The normalized spacial score (nSPS) is 11.1. The second-order valence-electron chi connectivity index (χ2n) is 3.97. The van der Waals surface area contributed by atoms with Gasteiger partial charge in [-0.05, 0) is 12.1 Å². The number of carbonyl (C=O) groups excluding carboxylic acids is 1. The number of amides is 1. The van der Waals surface area contributed by atoms with E-state index in [2.05, 4.69) is 4.98 Å². The molecule has 0 aliphatic heterocycles. The van der Waals surface area contributed by atoms with Gasteiger partial charge in [0.2, 0.25) is 5.91 Å². The van der Waals surface area contributed by atoms with Crippen LogP contribution < -0.4 is 5.73 Å². The predicted octanol–water partition coefficient (Wildman–Crippen LogP) is 1.42. The SMILES string of the molecule is NC(=O)COCCn1c(CCl)nc2cc(F)ccc21. The van der Waals surface area contributed by atoms with Crippen LogP contribution in [0.5, 0.6) is 0 Å². The fraction of sp³-hybridized carbons (Fsp3) is 0.333. The van der Waals surface area contributed by atoms with E-state index in [9.17, 15) is 9.18 Å². The number of nitrogens with two attached hydrogens (primary N) is 1. The first-order valence-electron chi connectivity index (χ1n) is 5.68. The molecule has 1 amide bonds. The molecule has 0 atom stereocenters. The molecule has 7 heteroatoms. The van der Waals surface area contributed by atoms with Crippen molar-refractivity contribution < 1.29 is 13.9 Å².